The van der Waals surface area contributed by atoms with Crippen molar-refractivity contribution in [2.75, 3.05) is 5.32 Å². The number of aromatic carboxylic acids is 1. The highest BCUT2D eigenvalue weighted by Crippen LogP contribution is 2.16. The first-order chi connectivity index (χ1) is 9.61. The Hall–Kier alpha value is -2.87. The highest BCUT2D eigenvalue weighted by atomic mass is 16.4. The Morgan fingerprint density at radius 1 is 1.45 bits per heavy atom. The molecule has 0 aliphatic carbocycles. The third kappa shape index (κ3) is 2.93. The van der Waals surface area contributed by atoms with Gasteiger partial charge >= 0.3 is 5.97 Å². The van der Waals surface area contributed by atoms with E-state index in [0.29, 0.717) is 17.9 Å². The van der Waals surface area contributed by atoms with E-state index in [1.165, 1.54) is 6.07 Å². The molecule has 1 aromatic carbocycles. The average Bonchev–Trinajstić information content (AvgIpc) is 2.45. The Morgan fingerprint density at radius 2 is 2.25 bits per heavy atom. The quantitative estimate of drug-likeness (QED) is 0.889. The van der Waals surface area contributed by atoms with Crippen molar-refractivity contribution in [3.8, 4) is 6.07 Å². The van der Waals surface area contributed by atoms with Gasteiger partial charge in [-0.25, -0.2) is 9.78 Å². The summed E-state index contributed by atoms with van der Waals surface area (Å²) in [6.07, 6.45) is 1.63. The standard InChI is InChI=1S/C15H13N3O2/c1-10-5-6-17-14(13(10)8-16)18-9-11-3-2-4-12(7-11)15(19)20/h2-7H,9H2,1H3,(H,17,18)(H,19,20). The van der Waals surface area contributed by atoms with Crippen LogP contribution in [-0.2, 0) is 6.54 Å². The number of carboxylic acid groups (broad SMARTS) is 1. The van der Waals surface area contributed by atoms with Crippen LogP contribution < -0.4 is 5.32 Å². The molecule has 2 N–H and O–H groups in total. The smallest absolute Gasteiger partial charge is 0.335 e. The van der Waals surface area contributed by atoms with Gasteiger partial charge in [0.1, 0.15) is 11.9 Å². The second-order valence-electron chi connectivity index (χ2n) is 4.32. The Bertz CT molecular complexity index is 690. The molecule has 0 spiro atoms. The number of carboxylic acids is 1. The van der Waals surface area contributed by atoms with E-state index in [9.17, 15) is 4.79 Å². The zero-order valence-electron chi connectivity index (χ0n) is 10.9. The fourth-order valence-corrected chi connectivity index (χ4v) is 1.83. The highest BCUT2D eigenvalue weighted by molar-refractivity contribution is 5.87. The van der Waals surface area contributed by atoms with Crippen LogP contribution in [0.5, 0.6) is 0 Å². The van der Waals surface area contributed by atoms with E-state index in [4.69, 9.17) is 10.4 Å². The topological polar surface area (TPSA) is 86.0 Å². The molecule has 100 valence electrons. The second-order valence-corrected chi connectivity index (χ2v) is 4.32. The van der Waals surface area contributed by atoms with Crippen molar-refractivity contribution in [1.82, 2.24) is 4.98 Å². The predicted molar refractivity (Wildman–Crippen MR) is 74.4 cm³/mol. The van der Waals surface area contributed by atoms with E-state index in [1.807, 2.05) is 13.0 Å². The fraction of sp³-hybridized carbons (Fsp3) is 0.133. The lowest BCUT2D eigenvalue weighted by molar-refractivity contribution is 0.0697. The van der Waals surface area contributed by atoms with Gasteiger partial charge in [-0.1, -0.05) is 12.1 Å². The number of nitrogens with zero attached hydrogens (tertiary/aromatic N) is 2. The van der Waals surface area contributed by atoms with Gasteiger partial charge in [-0.2, -0.15) is 5.26 Å². The van der Waals surface area contributed by atoms with Gasteiger partial charge in [0.15, 0.2) is 0 Å². The number of anilines is 1. The summed E-state index contributed by atoms with van der Waals surface area (Å²) in [4.78, 5) is 15.0. The van der Waals surface area contributed by atoms with E-state index in [2.05, 4.69) is 16.4 Å². The summed E-state index contributed by atoms with van der Waals surface area (Å²) in [6, 6.07) is 10.5. The lowest BCUT2D eigenvalue weighted by Gasteiger charge is -2.09. The number of nitriles is 1. The Morgan fingerprint density at radius 3 is 2.95 bits per heavy atom. The van der Waals surface area contributed by atoms with Crippen LogP contribution in [0.25, 0.3) is 0 Å². The lowest BCUT2D eigenvalue weighted by Crippen LogP contribution is -2.05. The minimum Gasteiger partial charge on any atom is -0.478 e. The maximum Gasteiger partial charge on any atom is 0.335 e. The summed E-state index contributed by atoms with van der Waals surface area (Å²) in [7, 11) is 0. The average molecular weight is 267 g/mol. The first-order valence-corrected chi connectivity index (χ1v) is 6.03. The van der Waals surface area contributed by atoms with Gasteiger partial charge in [0.05, 0.1) is 11.1 Å². The van der Waals surface area contributed by atoms with E-state index < -0.39 is 5.97 Å². The molecule has 0 radical (unpaired) electrons. The Labute approximate surface area is 116 Å². The van der Waals surface area contributed by atoms with E-state index >= 15 is 0 Å². The molecular weight excluding hydrogens is 254 g/mol. The highest BCUT2D eigenvalue weighted by Gasteiger charge is 2.07. The van der Waals surface area contributed by atoms with Crippen LogP contribution in [0.15, 0.2) is 36.5 Å². The zero-order valence-corrected chi connectivity index (χ0v) is 10.9. The molecule has 0 aliphatic rings. The van der Waals surface area contributed by atoms with E-state index in [-0.39, 0.29) is 5.56 Å². The SMILES string of the molecule is Cc1ccnc(NCc2cccc(C(=O)O)c2)c1C#N. The number of rotatable bonds is 4. The van der Waals surface area contributed by atoms with Crippen LogP contribution in [0.2, 0.25) is 0 Å². The van der Waals surface area contributed by atoms with Crippen LogP contribution >= 0.6 is 0 Å². The van der Waals surface area contributed by atoms with Crippen molar-refractivity contribution in [3.05, 3.63) is 58.8 Å². The van der Waals surface area contributed by atoms with Gasteiger partial charge in [-0.15, -0.1) is 0 Å². The monoisotopic (exact) mass is 267 g/mol. The second kappa shape index (κ2) is 5.85. The molecule has 0 saturated heterocycles. The van der Waals surface area contributed by atoms with Crippen LogP contribution in [0.3, 0.4) is 0 Å². The molecular formula is C15H13N3O2. The Balaban J connectivity index is 2.17. The molecule has 0 bridgehead atoms. The van der Waals surface area contributed by atoms with Crippen LogP contribution in [0.1, 0.15) is 27.0 Å². The van der Waals surface area contributed by atoms with Crippen molar-refractivity contribution in [3.63, 3.8) is 0 Å². The van der Waals surface area contributed by atoms with Crippen molar-refractivity contribution in [2.24, 2.45) is 0 Å². The first-order valence-electron chi connectivity index (χ1n) is 6.03. The number of aromatic nitrogens is 1. The summed E-state index contributed by atoms with van der Waals surface area (Å²) in [6.45, 7) is 2.25. The van der Waals surface area contributed by atoms with Gasteiger partial charge < -0.3 is 10.4 Å². The third-order valence-corrected chi connectivity index (χ3v) is 2.91. The molecule has 20 heavy (non-hydrogen) atoms. The molecule has 0 saturated carbocycles. The van der Waals surface area contributed by atoms with Gasteiger partial charge in [0, 0.05) is 12.7 Å². The lowest BCUT2D eigenvalue weighted by atomic mass is 10.1. The normalized spacial score (nSPS) is 9.80. The summed E-state index contributed by atoms with van der Waals surface area (Å²) < 4.78 is 0. The minimum absolute atomic E-state index is 0.238. The van der Waals surface area contributed by atoms with E-state index in [1.54, 1.807) is 24.4 Å². The molecule has 2 rings (SSSR count). The number of carbonyl (C=O) groups is 1. The maximum atomic E-state index is 10.9. The van der Waals surface area contributed by atoms with Gasteiger partial charge in [-0.05, 0) is 36.2 Å². The maximum absolute atomic E-state index is 10.9. The largest absolute Gasteiger partial charge is 0.478 e. The van der Waals surface area contributed by atoms with Gasteiger partial charge in [0.2, 0.25) is 0 Å². The molecule has 0 amide bonds. The molecule has 0 aliphatic heterocycles. The Kier molecular flexibility index (Phi) is 3.96. The molecule has 5 nitrogen and oxygen atoms in total. The summed E-state index contributed by atoms with van der Waals surface area (Å²) in [5.74, 6) is -0.452. The summed E-state index contributed by atoms with van der Waals surface area (Å²) >= 11 is 0. The summed E-state index contributed by atoms with van der Waals surface area (Å²) in [5, 5.41) is 21.1. The van der Waals surface area contributed by atoms with Crippen LogP contribution in [0.4, 0.5) is 5.82 Å². The number of hydrogen-bond donors (Lipinski definition) is 2. The molecule has 1 heterocycles. The number of hydrogen-bond acceptors (Lipinski definition) is 4. The molecule has 0 unspecified atom stereocenters. The number of aryl methyl sites for hydroxylation is 1. The van der Waals surface area contributed by atoms with Crippen molar-refractivity contribution in [1.29, 1.82) is 5.26 Å². The van der Waals surface area contributed by atoms with Crippen molar-refractivity contribution in [2.45, 2.75) is 13.5 Å². The fourth-order valence-electron chi connectivity index (χ4n) is 1.83. The third-order valence-electron chi connectivity index (χ3n) is 2.91. The number of pyridine rings is 1. The van der Waals surface area contributed by atoms with Gasteiger partial charge in [0.25, 0.3) is 0 Å². The minimum atomic E-state index is -0.960. The molecule has 0 fully saturated rings. The molecule has 1 aromatic heterocycles. The van der Waals surface area contributed by atoms with Crippen LogP contribution in [0, 0.1) is 18.3 Å². The van der Waals surface area contributed by atoms with E-state index in [0.717, 1.165) is 11.1 Å². The van der Waals surface area contributed by atoms with Crippen LogP contribution in [-0.4, -0.2) is 16.1 Å². The predicted octanol–water partition coefficient (Wildman–Crippen LogP) is 2.57. The summed E-state index contributed by atoms with van der Waals surface area (Å²) in [5.41, 5.74) is 2.41. The van der Waals surface area contributed by atoms with Crippen molar-refractivity contribution >= 4 is 11.8 Å². The van der Waals surface area contributed by atoms with Gasteiger partial charge in [-0.3, -0.25) is 0 Å². The van der Waals surface area contributed by atoms with Crippen molar-refractivity contribution < 1.29 is 9.90 Å². The number of benzene rings is 1. The number of nitrogens with one attached hydrogen (secondary N) is 1. The first kappa shape index (κ1) is 13.6. The molecule has 5 heteroatoms. The molecule has 2 aromatic rings. The molecule has 0 atom stereocenters. The zero-order chi connectivity index (χ0) is 14.5.